The second-order valence-corrected chi connectivity index (χ2v) is 13.5. The summed E-state index contributed by atoms with van der Waals surface area (Å²) in [5, 5.41) is 19.8. The van der Waals surface area contributed by atoms with Gasteiger partial charge in [0.1, 0.15) is 23.0 Å². The molecular weight excluding hydrogens is 725 g/mol. The minimum Gasteiger partial charge on any atom is -0.497 e. The maximum absolute atomic E-state index is 9.90. The van der Waals surface area contributed by atoms with Gasteiger partial charge in [0, 0.05) is 33.4 Å². The molecule has 6 aromatic carbocycles. The number of aliphatic imine (C=N–C) groups is 4. The minimum atomic E-state index is -1.61. The lowest BCUT2D eigenvalue weighted by Crippen LogP contribution is -2.43. The Morgan fingerprint density at radius 1 is 0.345 bits per heavy atom. The Bertz CT molecular complexity index is 2370. The quantitative estimate of drug-likeness (QED) is 0.130. The average molecular weight is 761 g/mol. The van der Waals surface area contributed by atoms with Crippen LogP contribution in [0.5, 0.6) is 23.0 Å². The lowest BCUT2D eigenvalue weighted by Gasteiger charge is -2.38. The molecule has 10 nitrogen and oxygen atoms in total. The van der Waals surface area contributed by atoms with Crippen molar-refractivity contribution in [2.75, 3.05) is 28.4 Å². The molecule has 2 heterocycles. The fourth-order valence-electron chi connectivity index (χ4n) is 7.24. The van der Waals surface area contributed by atoms with Crippen molar-refractivity contribution >= 4 is 22.8 Å². The zero-order valence-electron chi connectivity index (χ0n) is 32.2. The van der Waals surface area contributed by atoms with Crippen molar-refractivity contribution in [2.24, 2.45) is 20.0 Å². The van der Waals surface area contributed by atoms with E-state index in [9.17, 15) is 10.5 Å². The fraction of sp³-hybridized carbons (Fsp3) is 0.125. The average Bonchev–Trinajstić information content (AvgIpc) is 3.92. The predicted octanol–water partition coefficient (Wildman–Crippen LogP) is 8.45. The molecule has 0 spiro atoms. The topological polar surface area (TPSA) is 134 Å². The van der Waals surface area contributed by atoms with Crippen LogP contribution in [0.4, 0.5) is 0 Å². The van der Waals surface area contributed by atoms with Gasteiger partial charge in [-0.25, -0.2) is 20.0 Å². The van der Waals surface area contributed by atoms with E-state index < -0.39 is 11.3 Å². The number of nitrogens with zero attached hydrogens (tertiary/aromatic N) is 6. The highest BCUT2D eigenvalue weighted by Gasteiger charge is 2.60. The first-order valence-corrected chi connectivity index (χ1v) is 18.4. The van der Waals surface area contributed by atoms with Gasteiger partial charge in [-0.15, -0.1) is 0 Å². The molecule has 58 heavy (non-hydrogen) atoms. The third-order valence-corrected chi connectivity index (χ3v) is 10.3. The van der Waals surface area contributed by atoms with Gasteiger partial charge < -0.3 is 18.9 Å². The lowest BCUT2D eigenvalue weighted by molar-refractivity contribution is 0.257. The minimum absolute atomic E-state index is 0.472. The van der Waals surface area contributed by atoms with Gasteiger partial charge in [-0.05, 0) is 121 Å². The number of ether oxygens (including phenoxy) is 4. The molecule has 0 aromatic heterocycles. The standard InChI is InChI=1S/C48H36N6O4/c1-55-39-21-9-33(10-22-39)43-44(34-11-23-40(56-2)24-12-34)52-47(51-43,37-17-5-31(29-49)6-18-37)48(38-19-7-32(30-50)8-20-38)53-45(35-13-25-41(57-3)26-14-35)46(54-48)36-15-27-42(58-4)28-16-36/h5-28H,1-4H3. The molecule has 0 unspecified atom stereocenters. The Kier molecular flexibility index (Phi) is 9.84. The van der Waals surface area contributed by atoms with E-state index in [1.807, 2.05) is 121 Å². The molecule has 0 N–H and O–H groups in total. The molecule has 2 aliphatic heterocycles. The number of benzene rings is 6. The van der Waals surface area contributed by atoms with Crippen LogP contribution in [-0.2, 0) is 11.3 Å². The molecule has 0 saturated carbocycles. The van der Waals surface area contributed by atoms with E-state index in [1.165, 1.54) is 0 Å². The zero-order chi connectivity index (χ0) is 40.3. The van der Waals surface area contributed by atoms with Crippen molar-refractivity contribution in [1.29, 1.82) is 10.5 Å². The largest absolute Gasteiger partial charge is 0.497 e. The van der Waals surface area contributed by atoms with Crippen LogP contribution in [0, 0.1) is 22.7 Å². The Morgan fingerprint density at radius 2 is 0.569 bits per heavy atom. The summed E-state index contributed by atoms with van der Waals surface area (Å²) in [6.07, 6.45) is 0. The van der Waals surface area contributed by atoms with Crippen LogP contribution >= 0.6 is 0 Å². The highest BCUT2D eigenvalue weighted by Crippen LogP contribution is 2.54. The van der Waals surface area contributed by atoms with Gasteiger partial charge in [-0.2, -0.15) is 10.5 Å². The van der Waals surface area contributed by atoms with E-state index in [0.29, 0.717) is 68.1 Å². The van der Waals surface area contributed by atoms with E-state index in [-0.39, 0.29) is 0 Å². The van der Waals surface area contributed by atoms with Crippen molar-refractivity contribution in [3.05, 3.63) is 190 Å². The van der Waals surface area contributed by atoms with Crippen molar-refractivity contribution in [3.8, 4) is 35.1 Å². The first-order valence-electron chi connectivity index (χ1n) is 18.4. The van der Waals surface area contributed by atoms with E-state index >= 15 is 0 Å². The van der Waals surface area contributed by atoms with E-state index in [0.717, 1.165) is 22.3 Å². The molecular formula is C48H36N6O4. The number of rotatable bonds is 11. The maximum atomic E-state index is 9.90. The molecule has 282 valence electrons. The van der Waals surface area contributed by atoms with Crippen molar-refractivity contribution in [3.63, 3.8) is 0 Å². The smallest absolute Gasteiger partial charge is 0.226 e. The highest BCUT2D eigenvalue weighted by molar-refractivity contribution is 6.55. The third kappa shape index (κ3) is 6.43. The molecule has 0 bridgehead atoms. The van der Waals surface area contributed by atoms with Crippen LogP contribution in [-0.4, -0.2) is 51.3 Å². The fourth-order valence-corrected chi connectivity index (χ4v) is 7.24. The van der Waals surface area contributed by atoms with Gasteiger partial charge in [0.25, 0.3) is 0 Å². The molecule has 0 radical (unpaired) electrons. The molecule has 6 aromatic rings. The molecule has 10 heteroatoms. The summed E-state index contributed by atoms with van der Waals surface area (Å²) in [7, 11) is 6.50. The van der Waals surface area contributed by atoms with Crippen molar-refractivity contribution in [1.82, 2.24) is 0 Å². The molecule has 0 atom stereocenters. The van der Waals surface area contributed by atoms with Crippen LogP contribution in [0.3, 0.4) is 0 Å². The summed E-state index contributed by atoms with van der Waals surface area (Å²) in [5.74, 6) is 2.76. The molecule has 0 fully saturated rings. The van der Waals surface area contributed by atoms with Crippen molar-refractivity contribution < 1.29 is 18.9 Å². The zero-order valence-corrected chi connectivity index (χ0v) is 32.2. The Hall–Kier alpha value is -7.82. The molecule has 0 amide bonds. The highest BCUT2D eigenvalue weighted by atomic mass is 16.5. The number of hydrogen-bond donors (Lipinski definition) is 0. The van der Waals surface area contributed by atoms with Gasteiger partial charge in [0.05, 0.1) is 74.6 Å². The van der Waals surface area contributed by atoms with Crippen LogP contribution < -0.4 is 18.9 Å². The summed E-state index contributed by atoms with van der Waals surface area (Å²) < 4.78 is 22.1. The third-order valence-electron chi connectivity index (χ3n) is 10.3. The Labute approximate surface area is 336 Å². The first-order chi connectivity index (χ1) is 28.4. The SMILES string of the molecule is COc1ccc(C2=NC(c3ccc(C#N)cc3)(C3(c4ccc(C#N)cc4)N=C(c4ccc(OC)cc4)C(c4ccc(OC)cc4)=N3)N=C2c2ccc(OC)cc2)cc1. The summed E-state index contributed by atoms with van der Waals surface area (Å²) in [5.41, 5.74) is 4.56. The van der Waals surface area contributed by atoms with Crippen LogP contribution in [0.2, 0.25) is 0 Å². The van der Waals surface area contributed by atoms with E-state index in [1.54, 1.807) is 52.7 Å². The first kappa shape index (κ1) is 37.1. The molecule has 0 saturated heterocycles. The Morgan fingerprint density at radius 3 is 0.759 bits per heavy atom. The molecule has 2 aliphatic rings. The molecule has 8 rings (SSSR count). The second kappa shape index (κ2) is 15.4. The van der Waals surface area contributed by atoms with Crippen LogP contribution in [0.25, 0.3) is 0 Å². The van der Waals surface area contributed by atoms with Gasteiger partial charge in [-0.3, -0.25) is 0 Å². The number of hydrogen-bond acceptors (Lipinski definition) is 10. The summed E-state index contributed by atoms with van der Waals surface area (Å²) in [4.78, 5) is 22.8. The monoisotopic (exact) mass is 760 g/mol. The predicted molar refractivity (Wildman–Crippen MR) is 224 cm³/mol. The van der Waals surface area contributed by atoms with Gasteiger partial charge in [-0.1, -0.05) is 24.3 Å². The summed E-state index contributed by atoms with van der Waals surface area (Å²) in [6, 6.07) is 49.7. The van der Waals surface area contributed by atoms with Crippen LogP contribution in [0.1, 0.15) is 44.5 Å². The number of nitriles is 2. The normalized spacial score (nSPS) is 14.9. The van der Waals surface area contributed by atoms with Crippen LogP contribution in [0.15, 0.2) is 166 Å². The van der Waals surface area contributed by atoms with E-state index in [4.69, 9.17) is 38.9 Å². The summed E-state index contributed by atoms with van der Waals surface area (Å²) >= 11 is 0. The maximum Gasteiger partial charge on any atom is 0.226 e. The second-order valence-electron chi connectivity index (χ2n) is 13.5. The van der Waals surface area contributed by atoms with Gasteiger partial charge in [0.15, 0.2) is 0 Å². The van der Waals surface area contributed by atoms with Gasteiger partial charge >= 0.3 is 0 Å². The van der Waals surface area contributed by atoms with E-state index in [2.05, 4.69) is 12.1 Å². The lowest BCUT2D eigenvalue weighted by atomic mass is 9.81. The van der Waals surface area contributed by atoms with Gasteiger partial charge in [0.2, 0.25) is 11.3 Å². The van der Waals surface area contributed by atoms with Crippen molar-refractivity contribution in [2.45, 2.75) is 11.3 Å². The number of methoxy groups -OCH3 is 4. The Balaban J connectivity index is 1.51. The summed E-state index contributed by atoms with van der Waals surface area (Å²) in [6.45, 7) is 0. The molecule has 0 aliphatic carbocycles.